The topological polar surface area (TPSA) is 60.7 Å². The standard InChI is InChI=1S/C17H12BrClN2O3/c1-10-2-5-15-20-12(7-16(22)21(15)8-10)9-24-17(23)13-6-11(18)3-4-14(13)19/h2-8H,9H2,1H3. The van der Waals surface area contributed by atoms with Crippen molar-refractivity contribution in [2.45, 2.75) is 13.5 Å². The van der Waals surface area contributed by atoms with Gasteiger partial charge in [-0.15, -0.1) is 0 Å². The van der Waals surface area contributed by atoms with Gasteiger partial charge in [-0.25, -0.2) is 9.78 Å². The van der Waals surface area contributed by atoms with E-state index < -0.39 is 5.97 Å². The average molecular weight is 408 g/mol. The highest BCUT2D eigenvalue weighted by Crippen LogP contribution is 2.22. The Morgan fingerprint density at radius 3 is 2.88 bits per heavy atom. The maximum absolute atomic E-state index is 12.1. The zero-order chi connectivity index (χ0) is 17.3. The molecule has 0 bridgehead atoms. The molecule has 3 rings (SSSR count). The van der Waals surface area contributed by atoms with Crippen molar-refractivity contribution in [3.8, 4) is 0 Å². The normalized spacial score (nSPS) is 10.8. The summed E-state index contributed by atoms with van der Waals surface area (Å²) in [4.78, 5) is 28.6. The Morgan fingerprint density at radius 2 is 2.08 bits per heavy atom. The summed E-state index contributed by atoms with van der Waals surface area (Å²) < 4.78 is 7.39. The predicted molar refractivity (Wildman–Crippen MR) is 94.5 cm³/mol. The Balaban J connectivity index is 1.83. The highest BCUT2D eigenvalue weighted by molar-refractivity contribution is 9.10. The molecule has 5 nitrogen and oxygen atoms in total. The van der Waals surface area contributed by atoms with Gasteiger partial charge in [-0.2, -0.15) is 0 Å². The van der Waals surface area contributed by atoms with Crippen LogP contribution in [0.5, 0.6) is 0 Å². The molecule has 0 radical (unpaired) electrons. The first-order valence-corrected chi connectivity index (χ1v) is 8.22. The van der Waals surface area contributed by atoms with E-state index in [0.717, 1.165) is 10.0 Å². The van der Waals surface area contributed by atoms with E-state index in [-0.39, 0.29) is 17.7 Å². The summed E-state index contributed by atoms with van der Waals surface area (Å²) in [6.07, 6.45) is 1.71. The molecule has 0 N–H and O–H groups in total. The summed E-state index contributed by atoms with van der Waals surface area (Å²) in [5, 5.41) is 0.296. The first-order chi connectivity index (χ1) is 11.4. The van der Waals surface area contributed by atoms with E-state index in [2.05, 4.69) is 20.9 Å². The number of aromatic nitrogens is 2. The number of hydrogen-bond donors (Lipinski definition) is 0. The number of pyridine rings is 1. The van der Waals surface area contributed by atoms with Crippen molar-refractivity contribution >= 4 is 39.1 Å². The quantitative estimate of drug-likeness (QED) is 0.620. The third-order valence-electron chi connectivity index (χ3n) is 3.36. The van der Waals surface area contributed by atoms with Crippen molar-refractivity contribution in [3.63, 3.8) is 0 Å². The molecule has 2 aromatic heterocycles. The maximum Gasteiger partial charge on any atom is 0.340 e. The second kappa shape index (κ2) is 6.75. The first kappa shape index (κ1) is 16.7. The van der Waals surface area contributed by atoms with Gasteiger partial charge in [0.2, 0.25) is 0 Å². The van der Waals surface area contributed by atoms with Gasteiger partial charge in [-0.1, -0.05) is 33.6 Å². The van der Waals surface area contributed by atoms with Crippen LogP contribution in [-0.2, 0) is 11.3 Å². The molecule has 122 valence electrons. The van der Waals surface area contributed by atoms with E-state index in [0.29, 0.717) is 16.4 Å². The Morgan fingerprint density at radius 1 is 1.29 bits per heavy atom. The smallest absolute Gasteiger partial charge is 0.340 e. The summed E-state index contributed by atoms with van der Waals surface area (Å²) in [5.74, 6) is -0.577. The van der Waals surface area contributed by atoms with Gasteiger partial charge in [0.1, 0.15) is 12.3 Å². The van der Waals surface area contributed by atoms with Crippen LogP contribution in [0.1, 0.15) is 21.6 Å². The lowest BCUT2D eigenvalue weighted by Gasteiger charge is -2.08. The second-order valence-electron chi connectivity index (χ2n) is 5.22. The van der Waals surface area contributed by atoms with Gasteiger partial charge < -0.3 is 4.74 Å². The number of esters is 1. The lowest BCUT2D eigenvalue weighted by molar-refractivity contribution is 0.0468. The fourth-order valence-corrected chi connectivity index (χ4v) is 2.76. The summed E-state index contributed by atoms with van der Waals surface area (Å²) in [7, 11) is 0. The molecule has 0 saturated heterocycles. The number of rotatable bonds is 3. The van der Waals surface area contributed by atoms with Crippen LogP contribution in [0.2, 0.25) is 5.02 Å². The summed E-state index contributed by atoms with van der Waals surface area (Å²) >= 11 is 9.28. The fourth-order valence-electron chi connectivity index (χ4n) is 2.20. The number of hydrogen-bond acceptors (Lipinski definition) is 4. The average Bonchev–Trinajstić information content (AvgIpc) is 2.55. The van der Waals surface area contributed by atoms with Crippen molar-refractivity contribution in [1.82, 2.24) is 9.38 Å². The number of ether oxygens (including phenoxy) is 1. The van der Waals surface area contributed by atoms with Crippen LogP contribution in [0, 0.1) is 6.92 Å². The molecular formula is C17H12BrClN2O3. The van der Waals surface area contributed by atoms with Crippen LogP contribution in [-0.4, -0.2) is 15.4 Å². The van der Waals surface area contributed by atoms with E-state index in [1.807, 2.05) is 13.0 Å². The highest BCUT2D eigenvalue weighted by atomic mass is 79.9. The molecule has 0 aliphatic heterocycles. The Kier molecular flexibility index (Phi) is 4.69. The molecule has 0 fully saturated rings. The van der Waals surface area contributed by atoms with Crippen molar-refractivity contribution in [1.29, 1.82) is 0 Å². The fraction of sp³-hybridized carbons (Fsp3) is 0.118. The molecule has 0 aliphatic carbocycles. The SMILES string of the molecule is Cc1ccc2nc(COC(=O)c3cc(Br)ccc3Cl)cc(=O)n2c1. The number of carbonyl (C=O) groups is 1. The van der Waals surface area contributed by atoms with Gasteiger partial charge in [0.25, 0.3) is 5.56 Å². The van der Waals surface area contributed by atoms with Crippen molar-refractivity contribution in [2.24, 2.45) is 0 Å². The molecule has 0 spiro atoms. The number of carbonyl (C=O) groups excluding carboxylic acids is 1. The minimum atomic E-state index is -0.577. The van der Waals surface area contributed by atoms with Gasteiger partial charge in [-0.3, -0.25) is 9.20 Å². The van der Waals surface area contributed by atoms with Crippen LogP contribution < -0.4 is 5.56 Å². The summed E-state index contributed by atoms with van der Waals surface area (Å²) in [6.45, 7) is 1.78. The molecule has 0 atom stereocenters. The zero-order valence-corrected chi connectivity index (χ0v) is 15.0. The van der Waals surface area contributed by atoms with Gasteiger partial charge in [0, 0.05) is 16.7 Å². The second-order valence-corrected chi connectivity index (χ2v) is 6.54. The first-order valence-electron chi connectivity index (χ1n) is 7.05. The Hall–Kier alpha value is -2.18. The number of benzene rings is 1. The molecule has 2 heterocycles. The third kappa shape index (κ3) is 3.49. The number of fused-ring (bicyclic) bond motifs is 1. The summed E-state index contributed by atoms with van der Waals surface area (Å²) in [6, 6.07) is 9.86. The molecule has 0 saturated carbocycles. The van der Waals surface area contributed by atoms with Crippen LogP contribution in [0.25, 0.3) is 5.65 Å². The predicted octanol–water partition coefficient (Wildman–Crippen LogP) is 3.78. The minimum absolute atomic E-state index is 0.110. The van der Waals surface area contributed by atoms with E-state index >= 15 is 0 Å². The molecule has 3 aromatic rings. The van der Waals surface area contributed by atoms with Crippen LogP contribution >= 0.6 is 27.5 Å². The van der Waals surface area contributed by atoms with Crippen molar-refractivity contribution in [3.05, 3.63) is 79.3 Å². The largest absolute Gasteiger partial charge is 0.456 e. The lowest BCUT2D eigenvalue weighted by atomic mass is 10.2. The molecule has 0 aliphatic rings. The van der Waals surface area contributed by atoms with Crippen LogP contribution in [0.3, 0.4) is 0 Å². The van der Waals surface area contributed by atoms with Gasteiger partial charge in [0.05, 0.1) is 16.3 Å². The molecule has 24 heavy (non-hydrogen) atoms. The number of halogens is 2. The van der Waals surface area contributed by atoms with Gasteiger partial charge in [-0.05, 0) is 36.8 Å². The molecule has 0 amide bonds. The molecule has 1 aromatic carbocycles. The maximum atomic E-state index is 12.1. The molecule has 7 heteroatoms. The van der Waals surface area contributed by atoms with E-state index in [1.165, 1.54) is 10.5 Å². The minimum Gasteiger partial charge on any atom is -0.456 e. The van der Waals surface area contributed by atoms with Crippen molar-refractivity contribution in [2.75, 3.05) is 0 Å². The Bertz CT molecular complexity index is 1000. The van der Waals surface area contributed by atoms with E-state index in [9.17, 15) is 9.59 Å². The van der Waals surface area contributed by atoms with E-state index in [1.54, 1.807) is 30.5 Å². The lowest BCUT2D eigenvalue weighted by Crippen LogP contribution is -2.17. The number of nitrogens with zero attached hydrogens (tertiary/aromatic N) is 2. The Labute approximate surface area is 151 Å². The monoisotopic (exact) mass is 406 g/mol. The summed E-state index contributed by atoms with van der Waals surface area (Å²) in [5.41, 5.74) is 1.85. The number of aryl methyl sites for hydroxylation is 1. The highest BCUT2D eigenvalue weighted by Gasteiger charge is 2.13. The zero-order valence-electron chi connectivity index (χ0n) is 12.6. The molecular weight excluding hydrogens is 396 g/mol. The van der Waals surface area contributed by atoms with E-state index in [4.69, 9.17) is 16.3 Å². The van der Waals surface area contributed by atoms with Crippen LogP contribution in [0.15, 0.2) is 51.9 Å². The van der Waals surface area contributed by atoms with Gasteiger partial charge in [0.15, 0.2) is 0 Å². The van der Waals surface area contributed by atoms with Crippen molar-refractivity contribution < 1.29 is 9.53 Å². The van der Waals surface area contributed by atoms with Crippen LogP contribution in [0.4, 0.5) is 0 Å². The third-order valence-corrected chi connectivity index (χ3v) is 4.18. The van der Waals surface area contributed by atoms with Gasteiger partial charge >= 0.3 is 5.97 Å². The molecule has 0 unspecified atom stereocenters.